The zero-order valence-corrected chi connectivity index (χ0v) is 18.9. The molecule has 0 aliphatic heterocycles. The summed E-state index contributed by atoms with van der Waals surface area (Å²) < 4.78 is 7.18. The van der Waals surface area contributed by atoms with Gasteiger partial charge in [-0.3, -0.25) is 9.59 Å². The zero-order valence-electron chi connectivity index (χ0n) is 18.9. The van der Waals surface area contributed by atoms with Gasteiger partial charge in [-0.1, -0.05) is 48.5 Å². The molecule has 0 fully saturated rings. The molecule has 0 atom stereocenters. The number of aromatic nitrogens is 2. The maximum absolute atomic E-state index is 12.4. The van der Waals surface area contributed by atoms with E-state index in [1.807, 2.05) is 73.8 Å². The van der Waals surface area contributed by atoms with Gasteiger partial charge >= 0.3 is 0 Å². The van der Waals surface area contributed by atoms with Crippen molar-refractivity contribution in [2.75, 3.05) is 13.2 Å². The molecule has 4 aromatic rings. The first kappa shape index (κ1) is 22.8. The standard InChI is InChI=1S/C27H26N4O3/c1-2-34-24-15-13-21(14-16-24)27(33)29-18-25(32)28-17-22-19-31(23-11-7-4-8-12-23)30-26(22)20-9-5-3-6-10-20/h3-16,19H,2,17-18H2,1H3,(H,28,32)(H,29,33). The fraction of sp³-hybridized carbons (Fsp3) is 0.148. The topological polar surface area (TPSA) is 85.2 Å². The minimum atomic E-state index is -0.319. The minimum absolute atomic E-state index is 0.125. The summed E-state index contributed by atoms with van der Waals surface area (Å²) in [6, 6.07) is 26.4. The number of benzene rings is 3. The van der Waals surface area contributed by atoms with Gasteiger partial charge in [-0.2, -0.15) is 5.10 Å². The van der Waals surface area contributed by atoms with E-state index in [1.165, 1.54) is 0 Å². The van der Waals surface area contributed by atoms with E-state index >= 15 is 0 Å². The number of hydrogen-bond acceptors (Lipinski definition) is 4. The lowest BCUT2D eigenvalue weighted by molar-refractivity contribution is -0.120. The number of nitrogens with zero attached hydrogens (tertiary/aromatic N) is 2. The van der Waals surface area contributed by atoms with Crippen LogP contribution in [-0.2, 0) is 11.3 Å². The summed E-state index contributed by atoms with van der Waals surface area (Å²) in [5.41, 5.74) is 4.03. The molecule has 0 aliphatic rings. The van der Waals surface area contributed by atoms with Crippen LogP contribution in [0.3, 0.4) is 0 Å². The molecule has 4 rings (SSSR count). The van der Waals surface area contributed by atoms with Crippen LogP contribution in [0.1, 0.15) is 22.8 Å². The number of carbonyl (C=O) groups excluding carboxylic acids is 2. The lowest BCUT2D eigenvalue weighted by Crippen LogP contribution is -2.36. The Morgan fingerprint density at radius 1 is 0.882 bits per heavy atom. The first-order valence-corrected chi connectivity index (χ1v) is 11.1. The van der Waals surface area contributed by atoms with Crippen LogP contribution in [0.2, 0.25) is 0 Å². The van der Waals surface area contributed by atoms with Crippen LogP contribution >= 0.6 is 0 Å². The van der Waals surface area contributed by atoms with Crippen molar-refractivity contribution in [3.05, 3.63) is 102 Å². The largest absolute Gasteiger partial charge is 0.494 e. The predicted octanol–water partition coefficient (Wildman–Crippen LogP) is 3.98. The van der Waals surface area contributed by atoms with Crippen LogP contribution in [-0.4, -0.2) is 34.7 Å². The van der Waals surface area contributed by atoms with Crippen LogP contribution in [0.25, 0.3) is 16.9 Å². The van der Waals surface area contributed by atoms with Crippen LogP contribution in [0.15, 0.2) is 91.1 Å². The summed E-state index contributed by atoms with van der Waals surface area (Å²) in [6.45, 7) is 2.62. The quantitative estimate of drug-likeness (QED) is 0.401. The Hall–Kier alpha value is -4.39. The Morgan fingerprint density at radius 2 is 1.56 bits per heavy atom. The molecule has 0 saturated carbocycles. The first-order chi connectivity index (χ1) is 16.6. The Bertz CT molecular complexity index is 1240. The van der Waals surface area contributed by atoms with Crippen molar-refractivity contribution in [3.8, 4) is 22.7 Å². The molecule has 34 heavy (non-hydrogen) atoms. The highest BCUT2D eigenvalue weighted by molar-refractivity contribution is 5.96. The van der Waals surface area contributed by atoms with Gasteiger partial charge in [-0.25, -0.2) is 4.68 Å². The van der Waals surface area contributed by atoms with Gasteiger partial charge in [0.15, 0.2) is 0 Å². The second-order valence-electron chi connectivity index (χ2n) is 7.57. The molecule has 0 aliphatic carbocycles. The van der Waals surface area contributed by atoms with Gasteiger partial charge in [0.2, 0.25) is 5.91 Å². The molecule has 7 heteroatoms. The van der Waals surface area contributed by atoms with Gasteiger partial charge in [-0.15, -0.1) is 0 Å². The molecule has 2 amide bonds. The van der Waals surface area contributed by atoms with Crippen molar-refractivity contribution in [2.45, 2.75) is 13.5 Å². The minimum Gasteiger partial charge on any atom is -0.494 e. The molecule has 3 aromatic carbocycles. The van der Waals surface area contributed by atoms with Gasteiger partial charge in [0.05, 0.1) is 24.5 Å². The molecular weight excluding hydrogens is 428 g/mol. The highest BCUT2D eigenvalue weighted by Gasteiger charge is 2.14. The zero-order chi connectivity index (χ0) is 23.8. The van der Waals surface area contributed by atoms with Crippen molar-refractivity contribution >= 4 is 11.8 Å². The molecule has 0 bridgehead atoms. The Balaban J connectivity index is 1.40. The summed E-state index contributed by atoms with van der Waals surface area (Å²) in [5, 5.41) is 10.3. The Kier molecular flexibility index (Phi) is 7.35. The van der Waals surface area contributed by atoms with Crippen LogP contribution < -0.4 is 15.4 Å². The van der Waals surface area contributed by atoms with Crippen molar-refractivity contribution in [1.82, 2.24) is 20.4 Å². The second kappa shape index (κ2) is 11.0. The van der Waals surface area contributed by atoms with E-state index in [2.05, 4.69) is 10.6 Å². The maximum atomic E-state index is 12.4. The molecular formula is C27H26N4O3. The summed E-state index contributed by atoms with van der Waals surface area (Å²) in [6.07, 6.45) is 1.91. The summed E-state index contributed by atoms with van der Waals surface area (Å²) >= 11 is 0. The lowest BCUT2D eigenvalue weighted by Gasteiger charge is -2.08. The number of nitrogens with one attached hydrogen (secondary N) is 2. The van der Waals surface area contributed by atoms with Gasteiger partial charge in [0, 0.05) is 29.4 Å². The number of hydrogen-bond donors (Lipinski definition) is 2. The van der Waals surface area contributed by atoms with Crippen LogP contribution in [0.5, 0.6) is 5.75 Å². The van der Waals surface area contributed by atoms with Gasteiger partial charge in [0.25, 0.3) is 5.91 Å². The van der Waals surface area contributed by atoms with E-state index < -0.39 is 0 Å². The summed E-state index contributed by atoms with van der Waals surface area (Å²) in [5.74, 6) is 0.0906. The van der Waals surface area contributed by atoms with E-state index in [9.17, 15) is 9.59 Å². The fourth-order valence-corrected chi connectivity index (χ4v) is 3.48. The third kappa shape index (κ3) is 5.69. The molecule has 0 unspecified atom stereocenters. The molecule has 0 radical (unpaired) electrons. The monoisotopic (exact) mass is 454 g/mol. The van der Waals surface area contributed by atoms with Crippen molar-refractivity contribution in [2.24, 2.45) is 0 Å². The van der Waals surface area contributed by atoms with E-state index in [-0.39, 0.29) is 24.9 Å². The maximum Gasteiger partial charge on any atom is 0.251 e. The fourth-order valence-electron chi connectivity index (χ4n) is 3.48. The molecule has 7 nitrogen and oxygen atoms in total. The van der Waals surface area contributed by atoms with Crippen LogP contribution in [0, 0.1) is 0 Å². The van der Waals surface area contributed by atoms with E-state index in [0.29, 0.717) is 17.9 Å². The van der Waals surface area contributed by atoms with Crippen molar-refractivity contribution < 1.29 is 14.3 Å². The number of rotatable bonds is 9. The van der Waals surface area contributed by atoms with Crippen LogP contribution in [0.4, 0.5) is 0 Å². The molecule has 0 saturated heterocycles. The average molecular weight is 455 g/mol. The van der Waals surface area contributed by atoms with Gasteiger partial charge < -0.3 is 15.4 Å². The summed E-state index contributed by atoms with van der Waals surface area (Å²) in [7, 11) is 0. The molecule has 172 valence electrons. The van der Waals surface area contributed by atoms with E-state index in [0.717, 1.165) is 22.5 Å². The summed E-state index contributed by atoms with van der Waals surface area (Å²) in [4.78, 5) is 24.8. The average Bonchev–Trinajstić information content (AvgIpc) is 3.32. The number of carbonyl (C=O) groups is 2. The van der Waals surface area contributed by atoms with E-state index in [4.69, 9.17) is 9.84 Å². The SMILES string of the molecule is CCOc1ccc(C(=O)NCC(=O)NCc2cn(-c3ccccc3)nc2-c2ccccc2)cc1. The first-order valence-electron chi connectivity index (χ1n) is 11.1. The smallest absolute Gasteiger partial charge is 0.251 e. The van der Waals surface area contributed by atoms with Crippen molar-refractivity contribution in [3.63, 3.8) is 0 Å². The molecule has 2 N–H and O–H groups in total. The highest BCUT2D eigenvalue weighted by atomic mass is 16.5. The normalized spacial score (nSPS) is 10.5. The van der Waals surface area contributed by atoms with Gasteiger partial charge in [-0.05, 0) is 43.3 Å². The molecule has 0 spiro atoms. The Morgan fingerprint density at radius 3 is 2.24 bits per heavy atom. The Labute approximate surface area is 198 Å². The van der Waals surface area contributed by atoms with Gasteiger partial charge in [0.1, 0.15) is 5.75 Å². The van der Waals surface area contributed by atoms with Crippen molar-refractivity contribution in [1.29, 1.82) is 0 Å². The number of amides is 2. The van der Waals surface area contributed by atoms with E-state index in [1.54, 1.807) is 28.9 Å². The highest BCUT2D eigenvalue weighted by Crippen LogP contribution is 2.23. The number of ether oxygens (including phenoxy) is 1. The number of para-hydroxylation sites is 1. The molecule has 1 heterocycles. The predicted molar refractivity (Wildman–Crippen MR) is 131 cm³/mol. The third-order valence-electron chi connectivity index (χ3n) is 5.17. The third-order valence-corrected chi connectivity index (χ3v) is 5.17. The molecule has 1 aromatic heterocycles. The second-order valence-corrected chi connectivity index (χ2v) is 7.57. The lowest BCUT2D eigenvalue weighted by atomic mass is 10.1.